The second kappa shape index (κ2) is 10.2. The number of benzene rings is 1. The number of nitrogens with zero attached hydrogens (tertiary/aromatic N) is 2. The zero-order valence-corrected chi connectivity index (χ0v) is 19.8. The van der Waals surface area contributed by atoms with Gasteiger partial charge in [0.15, 0.2) is 0 Å². The molecule has 180 valence electrons. The lowest BCUT2D eigenvalue weighted by Crippen LogP contribution is -2.68. The SMILES string of the molecule is COC1CC2C(=O)N(C3CCCCC3)C(=O)N(CC(=O)Nc3ccc(C)cc3)C2CC1OC. The second-order valence-electron chi connectivity index (χ2n) is 9.52. The number of imide groups is 1. The number of ether oxygens (including phenoxy) is 2. The van der Waals surface area contributed by atoms with Crippen molar-refractivity contribution < 1.29 is 23.9 Å². The molecule has 0 bridgehead atoms. The molecule has 4 rings (SSSR count). The summed E-state index contributed by atoms with van der Waals surface area (Å²) >= 11 is 0. The van der Waals surface area contributed by atoms with E-state index in [1.54, 1.807) is 19.1 Å². The van der Waals surface area contributed by atoms with Crippen LogP contribution in [0.1, 0.15) is 50.5 Å². The maximum absolute atomic E-state index is 13.6. The van der Waals surface area contributed by atoms with E-state index in [4.69, 9.17) is 9.47 Å². The van der Waals surface area contributed by atoms with Gasteiger partial charge in [-0.3, -0.25) is 14.5 Å². The van der Waals surface area contributed by atoms with Crippen molar-refractivity contribution in [3.05, 3.63) is 29.8 Å². The minimum atomic E-state index is -0.395. The molecule has 0 aromatic heterocycles. The third-order valence-electron chi connectivity index (χ3n) is 7.44. The molecule has 3 aliphatic rings. The van der Waals surface area contributed by atoms with Crippen molar-refractivity contribution in [1.29, 1.82) is 0 Å². The van der Waals surface area contributed by atoms with Crippen LogP contribution in [-0.4, -0.2) is 72.7 Å². The molecule has 8 heteroatoms. The molecule has 4 unspecified atom stereocenters. The van der Waals surface area contributed by atoms with Crippen LogP contribution in [0.5, 0.6) is 0 Å². The molecule has 1 aliphatic heterocycles. The molecule has 4 atom stereocenters. The van der Waals surface area contributed by atoms with Gasteiger partial charge in [-0.05, 0) is 44.7 Å². The summed E-state index contributed by atoms with van der Waals surface area (Å²) in [6.07, 6.45) is 5.29. The number of methoxy groups -OCH3 is 2. The monoisotopic (exact) mass is 457 g/mol. The Hall–Kier alpha value is -2.45. The molecule has 33 heavy (non-hydrogen) atoms. The summed E-state index contributed by atoms with van der Waals surface area (Å²) in [5, 5.41) is 2.89. The summed E-state index contributed by atoms with van der Waals surface area (Å²) in [6.45, 7) is 1.88. The predicted octanol–water partition coefficient (Wildman–Crippen LogP) is 3.34. The van der Waals surface area contributed by atoms with Gasteiger partial charge in [-0.2, -0.15) is 0 Å². The van der Waals surface area contributed by atoms with Crippen LogP contribution < -0.4 is 5.32 Å². The van der Waals surface area contributed by atoms with E-state index in [9.17, 15) is 14.4 Å². The first-order valence-corrected chi connectivity index (χ1v) is 12.0. The van der Waals surface area contributed by atoms with Gasteiger partial charge in [0.05, 0.1) is 18.1 Å². The topological polar surface area (TPSA) is 88.2 Å². The van der Waals surface area contributed by atoms with Crippen LogP contribution in [-0.2, 0) is 19.1 Å². The van der Waals surface area contributed by atoms with Crippen molar-refractivity contribution in [2.75, 3.05) is 26.1 Å². The van der Waals surface area contributed by atoms with Crippen molar-refractivity contribution in [2.24, 2.45) is 5.92 Å². The first-order chi connectivity index (χ1) is 15.9. The standard InChI is InChI=1S/C25H35N3O5/c1-16-9-11-17(12-10-16)26-23(29)15-27-20-14-22(33-3)21(32-2)13-19(20)24(30)28(25(27)31)18-7-5-4-6-8-18/h9-12,18-22H,4-8,13-15H2,1-3H3,(H,26,29). The molecule has 1 heterocycles. The Kier molecular flexibility index (Phi) is 7.34. The van der Waals surface area contributed by atoms with Gasteiger partial charge in [-0.25, -0.2) is 4.79 Å². The Morgan fingerprint density at radius 3 is 2.27 bits per heavy atom. The zero-order valence-electron chi connectivity index (χ0n) is 19.8. The van der Waals surface area contributed by atoms with Crippen LogP contribution in [0.25, 0.3) is 0 Å². The number of fused-ring (bicyclic) bond motifs is 1. The first-order valence-electron chi connectivity index (χ1n) is 12.0. The molecule has 1 N–H and O–H groups in total. The maximum Gasteiger partial charge on any atom is 0.327 e. The van der Waals surface area contributed by atoms with Crippen molar-refractivity contribution in [3.63, 3.8) is 0 Å². The zero-order chi connectivity index (χ0) is 23.5. The summed E-state index contributed by atoms with van der Waals surface area (Å²) in [5.41, 5.74) is 1.79. The van der Waals surface area contributed by atoms with Gasteiger partial charge in [0, 0.05) is 32.0 Å². The van der Waals surface area contributed by atoms with Crippen LogP contribution in [0.4, 0.5) is 10.5 Å². The average Bonchev–Trinajstić information content (AvgIpc) is 2.83. The number of aryl methyl sites for hydroxylation is 1. The highest BCUT2D eigenvalue weighted by Crippen LogP contribution is 2.39. The number of rotatable bonds is 6. The molecule has 4 amide bonds. The van der Waals surface area contributed by atoms with Gasteiger partial charge < -0.3 is 19.7 Å². The minimum absolute atomic E-state index is 0.0940. The summed E-state index contributed by atoms with van der Waals surface area (Å²) in [6, 6.07) is 6.71. The number of hydrogen-bond acceptors (Lipinski definition) is 5. The summed E-state index contributed by atoms with van der Waals surface area (Å²) in [5.74, 6) is -0.788. The van der Waals surface area contributed by atoms with Crippen LogP contribution in [0.15, 0.2) is 24.3 Å². The lowest BCUT2D eigenvalue weighted by Gasteiger charge is -2.51. The lowest BCUT2D eigenvalue weighted by atomic mass is 9.77. The Morgan fingerprint density at radius 1 is 1.00 bits per heavy atom. The van der Waals surface area contributed by atoms with Crippen LogP contribution in [0, 0.1) is 12.8 Å². The van der Waals surface area contributed by atoms with E-state index < -0.39 is 5.92 Å². The first kappa shape index (κ1) is 23.7. The largest absolute Gasteiger partial charge is 0.379 e. The van der Waals surface area contributed by atoms with Gasteiger partial charge in [0.2, 0.25) is 11.8 Å². The highest BCUT2D eigenvalue weighted by Gasteiger charge is 2.53. The molecule has 0 spiro atoms. The molecule has 8 nitrogen and oxygen atoms in total. The van der Waals surface area contributed by atoms with E-state index in [1.807, 2.05) is 31.2 Å². The molecule has 1 aromatic carbocycles. The Bertz CT molecular complexity index is 867. The highest BCUT2D eigenvalue weighted by atomic mass is 16.5. The fourth-order valence-electron chi connectivity index (χ4n) is 5.62. The molecule has 3 fully saturated rings. The Balaban J connectivity index is 1.58. The van der Waals surface area contributed by atoms with Crippen LogP contribution in [0.2, 0.25) is 0 Å². The molecule has 2 saturated carbocycles. The van der Waals surface area contributed by atoms with Crippen molar-refractivity contribution in [3.8, 4) is 0 Å². The van der Waals surface area contributed by atoms with E-state index >= 15 is 0 Å². The van der Waals surface area contributed by atoms with E-state index in [2.05, 4.69) is 5.32 Å². The highest BCUT2D eigenvalue weighted by molar-refractivity contribution is 6.02. The second-order valence-corrected chi connectivity index (χ2v) is 9.52. The number of carbonyl (C=O) groups excluding carboxylic acids is 3. The molecule has 0 radical (unpaired) electrons. The number of amides is 4. The van der Waals surface area contributed by atoms with Gasteiger partial charge in [-0.15, -0.1) is 0 Å². The molecule has 2 aliphatic carbocycles. The number of nitrogens with one attached hydrogen (secondary N) is 1. The molecular weight excluding hydrogens is 422 g/mol. The number of carbonyl (C=O) groups is 3. The van der Waals surface area contributed by atoms with Gasteiger partial charge in [0.1, 0.15) is 6.54 Å². The van der Waals surface area contributed by atoms with Crippen LogP contribution >= 0.6 is 0 Å². The quantitative estimate of drug-likeness (QED) is 0.708. The van der Waals surface area contributed by atoms with E-state index in [1.165, 1.54) is 4.90 Å². The van der Waals surface area contributed by atoms with Crippen molar-refractivity contribution >= 4 is 23.5 Å². The average molecular weight is 458 g/mol. The predicted molar refractivity (Wildman–Crippen MR) is 124 cm³/mol. The molecule has 1 aromatic rings. The lowest BCUT2D eigenvalue weighted by molar-refractivity contribution is -0.155. The van der Waals surface area contributed by atoms with Crippen LogP contribution in [0.3, 0.4) is 0 Å². The van der Waals surface area contributed by atoms with Crippen molar-refractivity contribution in [2.45, 2.75) is 76.2 Å². The number of urea groups is 1. The van der Waals surface area contributed by atoms with E-state index in [0.717, 1.165) is 37.7 Å². The van der Waals surface area contributed by atoms with Gasteiger partial charge in [0.25, 0.3) is 0 Å². The molecule has 1 saturated heterocycles. The molecular formula is C25H35N3O5. The summed E-state index contributed by atoms with van der Waals surface area (Å²) in [4.78, 5) is 43.2. The van der Waals surface area contributed by atoms with E-state index in [-0.39, 0.29) is 48.7 Å². The van der Waals surface area contributed by atoms with Crippen molar-refractivity contribution in [1.82, 2.24) is 9.80 Å². The fraction of sp³-hybridized carbons (Fsp3) is 0.640. The third-order valence-corrected chi connectivity index (χ3v) is 7.44. The smallest absolute Gasteiger partial charge is 0.327 e. The van der Waals surface area contributed by atoms with E-state index in [0.29, 0.717) is 18.5 Å². The Labute approximate surface area is 195 Å². The minimum Gasteiger partial charge on any atom is -0.379 e. The summed E-state index contributed by atoms with van der Waals surface area (Å²) in [7, 11) is 3.24. The normalized spacial score (nSPS) is 28.6. The number of hydrogen-bond donors (Lipinski definition) is 1. The Morgan fingerprint density at radius 2 is 1.64 bits per heavy atom. The van der Waals surface area contributed by atoms with Gasteiger partial charge >= 0.3 is 6.03 Å². The maximum atomic E-state index is 13.6. The third kappa shape index (κ3) is 4.92. The number of anilines is 1. The summed E-state index contributed by atoms with van der Waals surface area (Å²) < 4.78 is 11.3. The van der Waals surface area contributed by atoms with Gasteiger partial charge in [-0.1, -0.05) is 37.0 Å². The fourth-order valence-corrected chi connectivity index (χ4v) is 5.62.